The summed E-state index contributed by atoms with van der Waals surface area (Å²) in [4.78, 5) is 16.1. The Morgan fingerprint density at radius 3 is 2.13 bits per heavy atom. The molecule has 2 aliphatic heterocycles. The maximum absolute atomic E-state index is 13.9. The Bertz CT molecular complexity index is 849. The third-order valence-corrected chi connectivity index (χ3v) is 8.33. The molecule has 1 atom stereocenters. The van der Waals surface area contributed by atoms with Crippen molar-refractivity contribution in [2.24, 2.45) is 5.41 Å². The van der Waals surface area contributed by atoms with Gasteiger partial charge in [-0.1, -0.05) is 73.5 Å². The average Bonchev–Trinajstić information content (AvgIpc) is 3.32. The zero-order chi connectivity index (χ0) is 20.4. The van der Waals surface area contributed by atoms with E-state index in [1.807, 2.05) is 0 Å². The van der Waals surface area contributed by atoms with Crippen LogP contribution >= 0.6 is 0 Å². The minimum absolute atomic E-state index is 0.279. The lowest BCUT2D eigenvalue weighted by Gasteiger charge is -2.50. The lowest BCUT2D eigenvalue weighted by molar-refractivity contribution is -0.140. The van der Waals surface area contributed by atoms with Gasteiger partial charge in [0, 0.05) is 25.6 Å². The first-order chi connectivity index (χ1) is 14.7. The van der Waals surface area contributed by atoms with Gasteiger partial charge in [-0.3, -0.25) is 4.79 Å². The van der Waals surface area contributed by atoms with Crippen molar-refractivity contribution >= 4 is 5.91 Å². The van der Waals surface area contributed by atoms with Crippen LogP contribution in [0.25, 0.3) is 0 Å². The average molecular weight is 403 g/mol. The topological polar surface area (TPSA) is 32.3 Å². The lowest BCUT2D eigenvalue weighted by Crippen LogP contribution is -2.54. The zero-order valence-corrected chi connectivity index (χ0v) is 18.0. The molecule has 2 heterocycles. The van der Waals surface area contributed by atoms with Gasteiger partial charge in [0.25, 0.3) is 0 Å². The molecule has 2 aromatic carbocycles. The first-order valence-corrected chi connectivity index (χ1v) is 11.8. The molecular weight excluding hydrogens is 368 g/mol. The van der Waals surface area contributed by atoms with Crippen molar-refractivity contribution in [1.29, 1.82) is 0 Å². The van der Waals surface area contributed by atoms with E-state index in [-0.39, 0.29) is 5.41 Å². The predicted octanol–water partition coefficient (Wildman–Crippen LogP) is 4.88. The Labute approximate surface area is 180 Å². The highest BCUT2D eigenvalue weighted by Crippen LogP contribution is 2.50. The van der Waals surface area contributed by atoms with Crippen molar-refractivity contribution in [1.82, 2.24) is 10.2 Å². The number of carbonyl (C=O) groups is 1. The second-order valence-corrected chi connectivity index (χ2v) is 9.73. The third-order valence-electron chi connectivity index (χ3n) is 8.33. The van der Waals surface area contributed by atoms with Crippen molar-refractivity contribution in [3.05, 3.63) is 71.8 Å². The van der Waals surface area contributed by atoms with Gasteiger partial charge in [-0.15, -0.1) is 0 Å². The van der Waals surface area contributed by atoms with Crippen molar-refractivity contribution in [3.63, 3.8) is 0 Å². The van der Waals surface area contributed by atoms with Crippen LogP contribution in [0.2, 0.25) is 0 Å². The highest BCUT2D eigenvalue weighted by Gasteiger charge is 2.49. The fourth-order valence-electron chi connectivity index (χ4n) is 6.55. The van der Waals surface area contributed by atoms with E-state index in [4.69, 9.17) is 0 Å². The maximum atomic E-state index is 13.9. The third kappa shape index (κ3) is 3.37. The van der Waals surface area contributed by atoms with Crippen LogP contribution in [-0.2, 0) is 10.2 Å². The predicted molar refractivity (Wildman–Crippen MR) is 122 cm³/mol. The number of benzene rings is 2. The fraction of sp³-hybridized carbons (Fsp3) is 0.519. The molecule has 2 aromatic rings. The monoisotopic (exact) mass is 402 g/mol. The molecule has 5 rings (SSSR count). The fourth-order valence-corrected chi connectivity index (χ4v) is 6.55. The molecule has 3 nitrogen and oxygen atoms in total. The van der Waals surface area contributed by atoms with Crippen molar-refractivity contribution in [3.8, 4) is 0 Å². The smallest absolute Gasteiger partial charge is 0.233 e. The van der Waals surface area contributed by atoms with Gasteiger partial charge in [0.05, 0.1) is 5.41 Å². The second kappa shape index (κ2) is 8.19. The van der Waals surface area contributed by atoms with Gasteiger partial charge in [0.15, 0.2) is 0 Å². The summed E-state index contributed by atoms with van der Waals surface area (Å²) in [6, 6.07) is 21.6. The summed E-state index contributed by atoms with van der Waals surface area (Å²) in [6.45, 7) is 3.99. The molecule has 3 fully saturated rings. The Morgan fingerprint density at radius 1 is 0.833 bits per heavy atom. The summed E-state index contributed by atoms with van der Waals surface area (Å²) in [5.74, 6) is 0.950. The standard InChI is InChI=1S/C27H34N2O/c30-25(27(13-7-8-14-27)23-11-5-2-6-12-23)29-19-16-26(17-20-29)15-18-28-21-24(26)22-9-3-1-4-10-22/h1-6,9-12,24,28H,7-8,13-21H2/t24-/m0/s1. The molecule has 2 saturated heterocycles. The van der Waals surface area contributed by atoms with E-state index in [1.165, 1.54) is 30.4 Å². The van der Waals surface area contributed by atoms with Crippen molar-refractivity contribution in [2.75, 3.05) is 26.2 Å². The van der Waals surface area contributed by atoms with Crippen LogP contribution in [0.4, 0.5) is 0 Å². The molecule has 1 spiro atoms. The molecule has 3 aliphatic rings. The first kappa shape index (κ1) is 19.8. The molecule has 1 aliphatic carbocycles. The number of hydrogen-bond donors (Lipinski definition) is 1. The Kier molecular flexibility index (Phi) is 5.41. The highest BCUT2D eigenvalue weighted by atomic mass is 16.2. The molecule has 1 amide bonds. The van der Waals surface area contributed by atoms with Crippen LogP contribution in [0.1, 0.15) is 62.0 Å². The molecule has 3 heteroatoms. The number of likely N-dealkylation sites (tertiary alicyclic amines) is 1. The maximum Gasteiger partial charge on any atom is 0.233 e. The van der Waals surface area contributed by atoms with Gasteiger partial charge in [-0.2, -0.15) is 0 Å². The summed E-state index contributed by atoms with van der Waals surface area (Å²) < 4.78 is 0. The number of nitrogens with zero attached hydrogens (tertiary/aromatic N) is 1. The molecule has 30 heavy (non-hydrogen) atoms. The molecule has 1 saturated carbocycles. The van der Waals surface area contributed by atoms with Crippen LogP contribution in [0.3, 0.4) is 0 Å². The van der Waals surface area contributed by atoms with E-state index in [1.54, 1.807) is 0 Å². The molecule has 0 unspecified atom stereocenters. The van der Waals surface area contributed by atoms with Gasteiger partial charge >= 0.3 is 0 Å². The normalized spacial score (nSPS) is 25.3. The zero-order valence-electron chi connectivity index (χ0n) is 18.0. The van der Waals surface area contributed by atoms with E-state index < -0.39 is 0 Å². The number of nitrogens with one attached hydrogen (secondary N) is 1. The van der Waals surface area contributed by atoms with E-state index in [2.05, 4.69) is 70.9 Å². The molecule has 0 radical (unpaired) electrons. The molecule has 1 N–H and O–H groups in total. The summed E-state index contributed by atoms with van der Waals surface area (Å²) in [5, 5.41) is 3.63. The quantitative estimate of drug-likeness (QED) is 0.793. The highest BCUT2D eigenvalue weighted by molar-refractivity contribution is 5.88. The Morgan fingerprint density at radius 2 is 1.47 bits per heavy atom. The van der Waals surface area contributed by atoms with Crippen LogP contribution in [0, 0.1) is 5.41 Å². The summed E-state index contributed by atoms with van der Waals surface area (Å²) >= 11 is 0. The second-order valence-electron chi connectivity index (χ2n) is 9.73. The van der Waals surface area contributed by atoms with E-state index >= 15 is 0 Å². The van der Waals surface area contributed by atoms with Gasteiger partial charge in [-0.25, -0.2) is 0 Å². The Balaban J connectivity index is 1.35. The number of carbonyl (C=O) groups excluding carboxylic acids is 1. The first-order valence-electron chi connectivity index (χ1n) is 11.8. The van der Waals surface area contributed by atoms with Crippen LogP contribution in [-0.4, -0.2) is 37.0 Å². The van der Waals surface area contributed by atoms with E-state index in [0.29, 0.717) is 17.2 Å². The molecule has 0 aromatic heterocycles. The number of piperidine rings is 2. The lowest BCUT2D eigenvalue weighted by atomic mass is 9.62. The van der Waals surface area contributed by atoms with Gasteiger partial charge in [0.1, 0.15) is 0 Å². The number of rotatable bonds is 3. The Hall–Kier alpha value is -2.13. The van der Waals surface area contributed by atoms with Gasteiger partial charge < -0.3 is 10.2 Å². The summed E-state index contributed by atoms with van der Waals surface area (Å²) in [7, 11) is 0. The molecule has 0 bridgehead atoms. The number of hydrogen-bond acceptors (Lipinski definition) is 2. The van der Waals surface area contributed by atoms with Gasteiger partial charge in [-0.05, 0) is 55.2 Å². The van der Waals surface area contributed by atoms with Crippen molar-refractivity contribution < 1.29 is 4.79 Å². The summed E-state index contributed by atoms with van der Waals surface area (Å²) in [5.41, 5.74) is 2.75. The minimum Gasteiger partial charge on any atom is -0.342 e. The van der Waals surface area contributed by atoms with Crippen LogP contribution in [0.5, 0.6) is 0 Å². The largest absolute Gasteiger partial charge is 0.342 e. The van der Waals surface area contributed by atoms with Gasteiger partial charge in [0.2, 0.25) is 5.91 Å². The molecule has 158 valence electrons. The number of amides is 1. The van der Waals surface area contributed by atoms with Crippen LogP contribution < -0.4 is 5.32 Å². The van der Waals surface area contributed by atoms with Crippen LogP contribution in [0.15, 0.2) is 60.7 Å². The van der Waals surface area contributed by atoms with E-state index in [9.17, 15) is 4.79 Å². The minimum atomic E-state index is -0.279. The SMILES string of the molecule is O=C(N1CCC2(CCNC[C@H]2c2ccccc2)CC1)C1(c2ccccc2)CCCC1. The summed E-state index contributed by atoms with van der Waals surface area (Å²) in [6.07, 6.45) is 7.83. The molecular formula is C27H34N2O. The van der Waals surface area contributed by atoms with E-state index in [0.717, 1.165) is 51.9 Å². The van der Waals surface area contributed by atoms with Crippen molar-refractivity contribution in [2.45, 2.75) is 56.3 Å².